The molecule has 2 aromatic carbocycles. The zero-order chi connectivity index (χ0) is 19.4. The van der Waals surface area contributed by atoms with E-state index in [1.54, 1.807) is 0 Å². The topological polar surface area (TPSA) is 18.5 Å². The van der Waals surface area contributed by atoms with Crippen molar-refractivity contribution in [2.45, 2.75) is 57.5 Å². The highest BCUT2D eigenvalue weighted by Crippen LogP contribution is 2.37. The van der Waals surface area contributed by atoms with Gasteiger partial charge in [0.1, 0.15) is 0 Å². The van der Waals surface area contributed by atoms with Gasteiger partial charge in [-0.1, -0.05) is 78.9 Å². The number of allylic oxidation sites excluding steroid dienone is 1. The van der Waals surface area contributed by atoms with E-state index in [0.29, 0.717) is 5.54 Å². The average molecular weight is 378 g/mol. The van der Waals surface area contributed by atoms with Crippen LogP contribution >= 0.6 is 0 Å². The van der Waals surface area contributed by atoms with Gasteiger partial charge in [0.2, 0.25) is 0 Å². The van der Waals surface area contributed by atoms with Crippen LogP contribution in [0, 0.1) is 0 Å². The van der Waals surface area contributed by atoms with Crippen molar-refractivity contribution in [1.82, 2.24) is 0 Å². The molecule has 0 radical (unpaired) electrons. The van der Waals surface area contributed by atoms with Gasteiger partial charge < -0.3 is 9.31 Å². The second-order valence-corrected chi connectivity index (χ2v) is 13.0. The molecule has 2 aromatic rings. The predicted octanol–water partition coefficient (Wildman–Crippen LogP) is 5.01. The van der Waals surface area contributed by atoms with Crippen LogP contribution in [-0.4, -0.2) is 27.4 Å². The number of hydrogen-bond donors (Lipinski definition) is 0. The maximum atomic E-state index is 6.10. The Morgan fingerprint density at radius 1 is 0.963 bits per heavy atom. The largest absolute Gasteiger partial charge is 0.489 e. The second-order valence-electron chi connectivity index (χ2n) is 8.25. The van der Waals surface area contributed by atoms with Crippen molar-refractivity contribution in [2.24, 2.45) is 0 Å². The lowest BCUT2D eigenvalue weighted by Crippen LogP contribution is -2.48. The molecule has 3 rings (SSSR count). The lowest BCUT2D eigenvalue weighted by atomic mass is 9.76. The second kappa shape index (κ2) is 8.59. The molecule has 3 atom stereocenters. The number of benzene rings is 2. The summed E-state index contributed by atoms with van der Waals surface area (Å²) in [5.41, 5.74) is 2.88. The van der Waals surface area contributed by atoms with E-state index < -0.39 is 8.07 Å². The summed E-state index contributed by atoms with van der Waals surface area (Å²) in [5.74, 6) is 0. The summed E-state index contributed by atoms with van der Waals surface area (Å²) in [6.45, 7) is 13.6. The third kappa shape index (κ3) is 4.63. The molecule has 1 fully saturated rings. The van der Waals surface area contributed by atoms with Crippen LogP contribution in [0.3, 0.4) is 0 Å². The molecule has 0 saturated carbocycles. The summed E-state index contributed by atoms with van der Waals surface area (Å²) < 4.78 is 12.2. The van der Waals surface area contributed by atoms with Crippen molar-refractivity contribution in [3.05, 3.63) is 78.3 Å². The summed E-state index contributed by atoms with van der Waals surface area (Å²) in [6, 6.07) is 21.7. The van der Waals surface area contributed by atoms with Gasteiger partial charge in [-0.05, 0) is 43.3 Å². The number of rotatable bonds is 7. The van der Waals surface area contributed by atoms with Gasteiger partial charge in [-0.3, -0.25) is 0 Å². The van der Waals surface area contributed by atoms with Crippen molar-refractivity contribution in [3.8, 4) is 0 Å². The Morgan fingerprint density at radius 3 is 2.04 bits per heavy atom. The standard InChI is InChI=1S/C23H31BO2Si/c1-18(24-25-19(2)20(3)26-24)23(17-16-21-12-8-6-9-13-21)27(4,5)22-14-10-7-11-15-22/h6-15,19-20,23H,1,16-17H2,2-5H3/t19-,20-,23?/m1/s1. The Labute approximate surface area is 165 Å². The lowest BCUT2D eigenvalue weighted by molar-refractivity contribution is 0.187. The molecule has 1 aliphatic heterocycles. The quantitative estimate of drug-likeness (QED) is 0.631. The highest BCUT2D eigenvalue weighted by Gasteiger charge is 2.44. The van der Waals surface area contributed by atoms with E-state index in [1.807, 2.05) is 0 Å². The normalized spacial score (nSPS) is 21.3. The molecule has 1 saturated heterocycles. The molecule has 0 aromatic heterocycles. The molecule has 0 N–H and O–H groups in total. The molecule has 1 heterocycles. The van der Waals surface area contributed by atoms with E-state index in [4.69, 9.17) is 9.31 Å². The van der Waals surface area contributed by atoms with Gasteiger partial charge >= 0.3 is 7.12 Å². The zero-order valence-corrected chi connectivity index (χ0v) is 18.0. The Balaban J connectivity index is 1.85. The maximum Gasteiger partial charge on any atom is 0.489 e. The predicted molar refractivity (Wildman–Crippen MR) is 118 cm³/mol. The summed E-state index contributed by atoms with van der Waals surface area (Å²) in [4.78, 5) is 0. The summed E-state index contributed by atoms with van der Waals surface area (Å²) in [7, 11) is -2.08. The van der Waals surface area contributed by atoms with Crippen LogP contribution in [-0.2, 0) is 15.7 Å². The van der Waals surface area contributed by atoms with Gasteiger partial charge in [-0.2, -0.15) is 0 Å². The molecular formula is C23H31BO2Si. The van der Waals surface area contributed by atoms with Crippen molar-refractivity contribution < 1.29 is 9.31 Å². The molecule has 27 heavy (non-hydrogen) atoms. The molecule has 4 heteroatoms. The molecule has 0 spiro atoms. The van der Waals surface area contributed by atoms with E-state index in [2.05, 4.69) is 94.2 Å². The SMILES string of the molecule is C=C(B1O[C@H](C)[C@@H](C)O1)C(CCc1ccccc1)[Si](C)(C)c1ccccc1. The fourth-order valence-corrected chi connectivity index (χ4v) is 7.40. The number of aryl methyl sites for hydroxylation is 1. The maximum absolute atomic E-state index is 6.10. The van der Waals surface area contributed by atoms with Crippen molar-refractivity contribution in [1.29, 1.82) is 0 Å². The van der Waals surface area contributed by atoms with Crippen molar-refractivity contribution >= 4 is 20.4 Å². The molecular weight excluding hydrogens is 347 g/mol. The first-order valence-electron chi connectivity index (χ1n) is 9.98. The molecule has 142 valence electrons. The fourth-order valence-electron chi connectivity index (χ4n) is 4.02. The highest BCUT2D eigenvalue weighted by molar-refractivity contribution is 6.92. The number of hydrogen-bond acceptors (Lipinski definition) is 2. The molecule has 1 aliphatic rings. The van der Waals surface area contributed by atoms with Crippen molar-refractivity contribution in [2.75, 3.05) is 0 Å². The average Bonchev–Trinajstić information content (AvgIpc) is 3.02. The van der Waals surface area contributed by atoms with Crippen LogP contribution in [0.5, 0.6) is 0 Å². The van der Waals surface area contributed by atoms with E-state index in [-0.39, 0.29) is 19.3 Å². The fraction of sp³-hybridized carbons (Fsp3) is 0.391. The van der Waals surface area contributed by atoms with Crippen molar-refractivity contribution in [3.63, 3.8) is 0 Å². The Hall–Kier alpha value is -1.62. The first-order chi connectivity index (χ1) is 12.9. The monoisotopic (exact) mass is 378 g/mol. The summed E-state index contributed by atoms with van der Waals surface area (Å²) in [6.07, 6.45) is 2.35. The highest BCUT2D eigenvalue weighted by atomic mass is 28.3. The minimum absolute atomic E-state index is 0.114. The smallest absolute Gasteiger partial charge is 0.402 e. The van der Waals surface area contributed by atoms with Crippen LogP contribution < -0.4 is 5.19 Å². The van der Waals surface area contributed by atoms with E-state index in [1.165, 1.54) is 10.8 Å². The lowest BCUT2D eigenvalue weighted by Gasteiger charge is -2.35. The van der Waals surface area contributed by atoms with Crippen LogP contribution in [0.2, 0.25) is 18.6 Å². The Kier molecular flexibility index (Phi) is 6.41. The first kappa shape index (κ1) is 20.1. The minimum Gasteiger partial charge on any atom is -0.402 e. The minimum atomic E-state index is -1.80. The summed E-state index contributed by atoms with van der Waals surface area (Å²) in [5, 5.41) is 1.46. The van der Waals surface area contributed by atoms with Crippen LogP contribution in [0.15, 0.2) is 72.7 Å². The van der Waals surface area contributed by atoms with Crippen LogP contribution in [0.4, 0.5) is 0 Å². The van der Waals surface area contributed by atoms with Crippen LogP contribution in [0.1, 0.15) is 25.8 Å². The Bertz CT molecular complexity index is 737. The van der Waals surface area contributed by atoms with E-state index in [0.717, 1.165) is 18.3 Å². The van der Waals surface area contributed by atoms with Gasteiger partial charge in [-0.25, -0.2) is 0 Å². The van der Waals surface area contributed by atoms with Gasteiger partial charge in [0.15, 0.2) is 0 Å². The van der Waals surface area contributed by atoms with Gasteiger partial charge in [-0.15, -0.1) is 6.58 Å². The first-order valence-corrected chi connectivity index (χ1v) is 13.1. The molecule has 2 nitrogen and oxygen atoms in total. The molecule has 0 bridgehead atoms. The van der Waals surface area contributed by atoms with Gasteiger partial charge in [0.25, 0.3) is 0 Å². The third-order valence-electron chi connectivity index (χ3n) is 6.04. The molecule has 0 aliphatic carbocycles. The Morgan fingerprint density at radius 2 is 1.48 bits per heavy atom. The zero-order valence-electron chi connectivity index (χ0n) is 17.0. The molecule has 1 unspecified atom stereocenters. The van der Waals surface area contributed by atoms with Gasteiger partial charge in [0, 0.05) is 0 Å². The van der Waals surface area contributed by atoms with Gasteiger partial charge in [0.05, 0.1) is 20.3 Å². The van der Waals surface area contributed by atoms with E-state index in [9.17, 15) is 0 Å². The van der Waals surface area contributed by atoms with E-state index >= 15 is 0 Å². The molecule has 0 amide bonds. The summed E-state index contributed by atoms with van der Waals surface area (Å²) >= 11 is 0. The third-order valence-corrected chi connectivity index (χ3v) is 10.3. The van der Waals surface area contributed by atoms with Crippen LogP contribution in [0.25, 0.3) is 0 Å².